The molecule has 1 N–H and O–H groups in total. The minimum absolute atomic E-state index is 0.0345. The SMILES string of the molecule is CCC1CN(C(=O)c2cc(OC)cc(C(=O)O)c2)CCO1. The summed E-state index contributed by atoms with van der Waals surface area (Å²) in [5, 5.41) is 9.10. The maximum atomic E-state index is 12.5. The highest BCUT2D eigenvalue weighted by Crippen LogP contribution is 2.20. The van der Waals surface area contributed by atoms with E-state index in [2.05, 4.69) is 0 Å². The van der Waals surface area contributed by atoms with Gasteiger partial charge < -0.3 is 19.5 Å². The van der Waals surface area contributed by atoms with Crippen molar-refractivity contribution in [3.8, 4) is 5.75 Å². The maximum absolute atomic E-state index is 12.5. The number of amides is 1. The molecule has 1 saturated heterocycles. The number of methoxy groups -OCH3 is 1. The first-order chi connectivity index (χ1) is 10.0. The van der Waals surface area contributed by atoms with Crippen molar-refractivity contribution in [2.75, 3.05) is 26.8 Å². The molecule has 1 aliphatic heterocycles. The van der Waals surface area contributed by atoms with Gasteiger partial charge in [0.25, 0.3) is 5.91 Å². The smallest absolute Gasteiger partial charge is 0.335 e. The van der Waals surface area contributed by atoms with Gasteiger partial charge in [-0.2, -0.15) is 0 Å². The average Bonchev–Trinajstić information content (AvgIpc) is 2.53. The number of carbonyl (C=O) groups excluding carboxylic acids is 1. The minimum atomic E-state index is -1.09. The van der Waals surface area contributed by atoms with Crippen LogP contribution in [0.1, 0.15) is 34.1 Å². The summed E-state index contributed by atoms with van der Waals surface area (Å²) in [5.74, 6) is -0.923. The second-order valence-corrected chi connectivity index (χ2v) is 4.91. The van der Waals surface area contributed by atoms with Crippen LogP contribution in [0.3, 0.4) is 0 Å². The fourth-order valence-electron chi connectivity index (χ4n) is 2.30. The number of hydrogen-bond acceptors (Lipinski definition) is 4. The standard InChI is InChI=1S/C15H19NO5/c1-3-12-9-16(4-5-21-12)14(17)10-6-11(15(18)19)8-13(7-10)20-2/h6-8,12H,3-5,9H2,1-2H3,(H,18,19). The van der Waals surface area contributed by atoms with Gasteiger partial charge in [0.2, 0.25) is 0 Å². The van der Waals surface area contributed by atoms with E-state index in [0.29, 0.717) is 31.0 Å². The second kappa shape index (κ2) is 6.58. The number of benzene rings is 1. The van der Waals surface area contributed by atoms with E-state index in [1.54, 1.807) is 11.0 Å². The molecule has 1 fully saturated rings. The molecule has 0 saturated carbocycles. The molecule has 0 aromatic heterocycles. The molecule has 2 rings (SSSR count). The Morgan fingerprint density at radius 1 is 1.38 bits per heavy atom. The summed E-state index contributed by atoms with van der Waals surface area (Å²) < 4.78 is 10.6. The van der Waals surface area contributed by atoms with Crippen LogP contribution < -0.4 is 4.74 Å². The summed E-state index contributed by atoms with van der Waals surface area (Å²) in [6.07, 6.45) is 0.870. The largest absolute Gasteiger partial charge is 0.497 e. The number of aromatic carboxylic acids is 1. The van der Waals surface area contributed by atoms with Gasteiger partial charge in [-0.15, -0.1) is 0 Å². The van der Waals surface area contributed by atoms with Gasteiger partial charge in [-0.1, -0.05) is 6.92 Å². The van der Waals surface area contributed by atoms with Crippen LogP contribution >= 0.6 is 0 Å². The van der Waals surface area contributed by atoms with Crippen LogP contribution in [0.25, 0.3) is 0 Å². The molecular weight excluding hydrogens is 274 g/mol. The average molecular weight is 293 g/mol. The van der Waals surface area contributed by atoms with Gasteiger partial charge in [-0.05, 0) is 24.6 Å². The summed E-state index contributed by atoms with van der Waals surface area (Å²) in [5.41, 5.74) is 0.363. The molecule has 6 heteroatoms. The van der Waals surface area contributed by atoms with E-state index in [4.69, 9.17) is 14.6 Å². The van der Waals surface area contributed by atoms with Crippen LogP contribution in [0, 0.1) is 0 Å². The third-order valence-electron chi connectivity index (χ3n) is 3.52. The van der Waals surface area contributed by atoms with Crippen molar-refractivity contribution in [3.05, 3.63) is 29.3 Å². The molecule has 1 atom stereocenters. The predicted molar refractivity (Wildman–Crippen MR) is 75.9 cm³/mol. The van der Waals surface area contributed by atoms with Crippen molar-refractivity contribution in [3.63, 3.8) is 0 Å². The Bertz CT molecular complexity index is 543. The van der Waals surface area contributed by atoms with Gasteiger partial charge in [-0.3, -0.25) is 4.79 Å². The number of rotatable bonds is 4. The third-order valence-corrected chi connectivity index (χ3v) is 3.52. The Kier molecular flexibility index (Phi) is 4.80. The number of carboxylic acid groups (broad SMARTS) is 1. The van der Waals surface area contributed by atoms with E-state index in [-0.39, 0.29) is 17.6 Å². The molecule has 6 nitrogen and oxygen atoms in total. The predicted octanol–water partition coefficient (Wildman–Crippen LogP) is 1.64. The number of carboxylic acids is 1. The monoisotopic (exact) mass is 293 g/mol. The highest BCUT2D eigenvalue weighted by molar-refractivity contribution is 5.98. The van der Waals surface area contributed by atoms with Crippen LogP contribution in [0.5, 0.6) is 5.75 Å². The zero-order valence-corrected chi connectivity index (χ0v) is 12.2. The Labute approximate surface area is 123 Å². The summed E-state index contributed by atoms with van der Waals surface area (Å²) in [7, 11) is 1.44. The van der Waals surface area contributed by atoms with Crippen molar-refractivity contribution in [2.24, 2.45) is 0 Å². The molecule has 1 aliphatic rings. The lowest BCUT2D eigenvalue weighted by Gasteiger charge is -2.32. The van der Waals surface area contributed by atoms with Crippen LogP contribution in [0.4, 0.5) is 0 Å². The Hall–Kier alpha value is -2.08. The van der Waals surface area contributed by atoms with Gasteiger partial charge in [-0.25, -0.2) is 4.79 Å². The lowest BCUT2D eigenvalue weighted by atomic mass is 10.1. The first-order valence-electron chi connectivity index (χ1n) is 6.88. The van der Waals surface area contributed by atoms with E-state index in [1.807, 2.05) is 6.92 Å². The van der Waals surface area contributed by atoms with Gasteiger partial charge >= 0.3 is 5.97 Å². The molecule has 1 aromatic rings. The fraction of sp³-hybridized carbons (Fsp3) is 0.467. The lowest BCUT2D eigenvalue weighted by molar-refractivity contribution is -0.0226. The molecule has 0 radical (unpaired) electrons. The molecule has 0 aliphatic carbocycles. The van der Waals surface area contributed by atoms with Gasteiger partial charge in [0.15, 0.2) is 0 Å². The Morgan fingerprint density at radius 2 is 2.10 bits per heavy atom. The molecule has 1 amide bonds. The highest BCUT2D eigenvalue weighted by atomic mass is 16.5. The van der Waals surface area contributed by atoms with E-state index in [0.717, 1.165) is 6.42 Å². The van der Waals surface area contributed by atoms with Crippen LogP contribution in [-0.2, 0) is 4.74 Å². The van der Waals surface area contributed by atoms with E-state index < -0.39 is 5.97 Å². The molecule has 1 heterocycles. The van der Waals surface area contributed by atoms with Crippen LogP contribution in [0.2, 0.25) is 0 Å². The molecule has 1 unspecified atom stereocenters. The van der Waals surface area contributed by atoms with E-state index in [1.165, 1.54) is 19.2 Å². The van der Waals surface area contributed by atoms with Crippen LogP contribution in [-0.4, -0.2) is 54.8 Å². The number of ether oxygens (including phenoxy) is 2. The first kappa shape index (κ1) is 15.3. The normalized spacial score (nSPS) is 18.4. The summed E-state index contributed by atoms with van der Waals surface area (Å²) in [6.45, 7) is 3.54. The van der Waals surface area contributed by atoms with Crippen molar-refractivity contribution < 1.29 is 24.2 Å². The van der Waals surface area contributed by atoms with E-state index in [9.17, 15) is 9.59 Å². The fourth-order valence-corrected chi connectivity index (χ4v) is 2.30. The zero-order valence-electron chi connectivity index (χ0n) is 12.2. The molecule has 0 spiro atoms. The molecule has 0 bridgehead atoms. The van der Waals surface area contributed by atoms with Crippen LogP contribution in [0.15, 0.2) is 18.2 Å². The number of carbonyl (C=O) groups is 2. The van der Waals surface area contributed by atoms with Crippen molar-refractivity contribution in [2.45, 2.75) is 19.4 Å². The second-order valence-electron chi connectivity index (χ2n) is 4.91. The third kappa shape index (κ3) is 3.52. The lowest BCUT2D eigenvalue weighted by Crippen LogP contribution is -2.45. The number of nitrogens with zero attached hydrogens (tertiary/aromatic N) is 1. The zero-order chi connectivity index (χ0) is 15.4. The molecule has 21 heavy (non-hydrogen) atoms. The number of hydrogen-bond donors (Lipinski definition) is 1. The summed E-state index contributed by atoms with van der Waals surface area (Å²) in [4.78, 5) is 25.3. The molecule has 114 valence electrons. The topological polar surface area (TPSA) is 76.1 Å². The van der Waals surface area contributed by atoms with E-state index >= 15 is 0 Å². The van der Waals surface area contributed by atoms with Gasteiger partial charge in [0, 0.05) is 18.7 Å². The summed E-state index contributed by atoms with van der Waals surface area (Å²) in [6, 6.07) is 4.34. The van der Waals surface area contributed by atoms with Gasteiger partial charge in [0.05, 0.1) is 25.4 Å². The summed E-state index contributed by atoms with van der Waals surface area (Å²) >= 11 is 0. The van der Waals surface area contributed by atoms with Crippen molar-refractivity contribution in [1.82, 2.24) is 4.90 Å². The molecular formula is C15H19NO5. The van der Waals surface area contributed by atoms with Gasteiger partial charge in [0.1, 0.15) is 5.75 Å². The van der Waals surface area contributed by atoms with Crippen molar-refractivity contribution >= 4 is 11.9 Å². The highest BCUT2D eigenvalue weighted by Gasteiger charge is 2.25. The quantitative estimate of drug-likeness (QED) is 0.913. The minimum Gasteiger partial charge on any atom is -0.497 e. The number of morpholine rings is 1. The first-order valence-corrected chi connectivity index (χ1v) is 6.88. The Morgan fingerprint density at radius 3 is 2.71 bits per heavy atom. The molecule has 1 aromatic carbocycles. The Balaban J connectivity index is 2.25. The van der Waals surface area contributed by atoms with Crippen molar-refractivity contribution in [1.29, 1.82) is 0 Å². The maximum Gasteiger partial charge on any atom is 0.335 e.